The third-order valence-electron chi connectivity index (χ3n) is 4.62. The standard InChI is InChI=1S/C19H19N.CH2O3/c1-4-13-20(14-5-1)19-10-6-9-17-16-8-3-2-7-15(16)11-12-18(17)19;2-1(3)4/h2-3,6-12H,1,4-5,13-14H2;(H2,2,3,4). The molecule has 0 saturated carbocycles. The van der Waals surface area contributed by atoms with Crippen molar-refractivity contribution in [3.05, 3.63) is 54.6 Å². The Labute approximate surface area is 140 Å². The fourth-order valence-corrected chi connectivity index (χ4v) is 3.60. The molecule has 1 aliphatic rings. The van der Waals surface area contributed by atoms with Gasteiger partial charge in [0.15, 0.2) is 0 Å². The van der Waals surface area contributed by atoms with E-state index in [1.54, 1.807) is 4.90 Å². The average Bonchev–Trinajstić information content (AvgIpc) is 2.61. The Hall–Kier alpha value is -2.59. The van der Waals surface area contributed by atoms with Gasteiger partial charge in [-0.2, -0.15) is 0 Å². The van der Waals surface area contributed by atoms with Crippen LogP contribution in [0.15, 0.2) is 54.6 Å². The molecule has 0 atom stereocenters. The van der Waals surface area contributed by atoms with Gasteiger partial charge in [0.1, 0.15) is 5.69 Å². The van der Waals surface area contributed by atoms with Crippen molar-refractivity contribution < 1.29 is 19.9 Å². The zero-order valence-corrected chi connectivity index (χ0v) is 13.5. The number of piperidine rings is 1. The van der Waals surface area contributed by atoms with Gasteiger partial charge < -0.3 is 19.9 Å². The van der Waals surface area contributed by atoms with Crippen molar-refractivity contribution in [3.8, 4) is 0 Å². The molecule has 2 N–H and O–H groups in total. The Morgan fingerprint density at radius 2 is 1.50 bits per heavy atom. The summed E-state index contributed by atoms with van der Waals surface area (Å²) in [6.07, 6.45) is 2.04. The minimum absolute atomic E-state index is 1.28. The number of nitrogens with one attached hydrogen (secondary N) is 1. The minimum atomic E-state index is -2.08. The van der Waals surface area contributed by atoms with Crippen LogP contribution < -0.4 is 10.0 Å². The highest BCUT2D eigenvalue weighted by molar-refractivity contribution is 6.10. The van der Waals surface area contributed by atoms with Gasteiger partial charge in [0.05, 0.1) is 13.1 Å². The molecule has 3 aromatic carbocycles. The van der Waals surface area contributed by atoms with Crippen molar-refractivity contribution in [1.29, 1.82) is 0 Å². The molecule has 4 rings (SSSR count). The van der Waals surface area contributed by atoms with E-state index in [4.69, 9.17) is 15.0 Å². The molecular formula is C20H21NO3. The first kappa shape index (κ1) is 16.3. The van der Waals surface area contributed by atoms with Crippen LogP contribution in [0.5, 0.6) is 0 Å². The maximum Gasteiger partial charge on any atom is 0.249 e. The quantitative estimate of drug-likeness (QED) is 0.677. The summed E-state index contributed by atoms with van der Waals surface area (Å²) in [6, 6.07) is 20.1. The van der Waals surface area contributed by atoms with Gasteiger partial charge in [0, 0.05) is 5.39 Å². The highest BCUT2D eigenvalue weighted by atomic mass is 16.6. The lowest BCUT2D eigenvalue weighted by Gasteiger charge is -2.24. The van der Waals surface area contributed by atoms with Crippen molar-refractivity contribution in [2.75, 3.05) is 13.1 Å². The van der Waals surface area contributed by atoms with Crippen molar-refractivity contribution in [3.63, 3.8) is 0 Å². The Balaban J connectivity index is 0.000000383. The van der Waals surface area contributed by atoms with Crippen LogP contribution in [0.4, 0.5) is 10.5 Å². The number of rotatable bonds is 1. The molecule has 0 bridgehead atoms. The summed E-state index contributed by atoms with van der Waals surface area (Å²) in [4.78, 5) is 10.1. The molecule has 4 nitrogen and oxygen atoms in total. The van der Waals surface area contributed by atoms with Crippen LogP contribution in [0.25, 0.3) is 21.5 Å². The van der Waals surface area contributed by atoms with Gasteiger partial charge in [0.2, 0.25) is 6.16 Å². The second kappa shape index (κ2) is 7.32. The summed E-state index contributed by atoms with van der Waals surface area (Å²) in [5, 5.41) is 20.9. The van der Waals surface area contributed by atoms with E-state index < -0.39 is 6.16 Å². The molecule has 0 unspecified atom stereocenters. The van der Waals surface area contributed by atoms with Crippen LogP contribution in [0, 0.1) is 0 Å². The van der Waals surface area contributed by atoms with Gasteiger partial charge in [-0.15, -0.1) is 0 Å². The number of carboxylic acid groups (broad SMARTS) is 2. The second-order valence-corrected chi connectivity index (χ2v) is 6.12. The van der Waals surface area contributed by atoms with Crippen molar-refractivity contribution in [2.45, 2.75) is 19.3 Å². The minimum Gasteiger partial charge on any atom is -0.565 e. The molecule has 3 aromatic rings. The number of hydrogen-bond donors (Lipinski definition) is 2. The molecule has 0 spiro atoms. The van der Waals surface area contributed by atoms with Gasteiger partial charge in [-0.25, -0.2) is 0 Å². The smallest absolute Gasteiger partial charge is 0.249 e. The molecule has 24 heavy (non-hydrogen) atoms. The summed E-state index contributed by atoms with van der Waals surface area (Å²) < 4.78 is 0. The van der Waals surface area contributed by atoms with E-state index in [1.165, 1.54) is 59.6 Å². The number of fused-ring (bicyclic) bond motifs is 3. The molecule has 0 aliphatic carbocycles. The fraction of sp³-hybridized carbons (Fsp3) is 0.250. The highest BCUT2D eigenvalue weighted by Gasteiger charge is 2.18. The first-order chi connectivity index (χ1) is 11.7. The predicted octanol–water partition coefficient (Wildman–Crippen LogP) is 2.58. The third kappa shape index (κ3) is 3.49. The average molecular weight is 323 g/mol. The lowest BCUT2D eigenvalue weighted by molar-refractivity contribution is -0.837. The van der Waals surface area contributed by atoms with E-state index >= 15 is 0 Å². The molecule has 1 fully saturated rings. The molecule has 4 heteroatoms. The zero-order chi connectivity index (χ0) is 16.9. The SMILES string of the molecule is O=C([O-])O.c1ccc2c(c1)ccc1c([NH+]3CCCCC3)cccc12. The summed E-state index contributed by atoms with van der Waals surface area (Å²) in [6.45, 7) is 2.57. The first-order valence-electron chi connectivity index (χ1n) is 8.32. The molecule has 124 valence electrons. The lowest BCUT2D eigenvalue weighted by atomic mass is 9.99. The fourth-order valence-electron chi connectivity index (χ4n) is 3.60. The molecular weight excluding hydrogens is 302 g/mol. The third-order valence-corrected chi connectivity index (χ3v) is 4.62. The number of hydrogen-bond acceptors (Lipinski definition) is 2. The zero-order valence-electron chi connectivity index (χ0n) is 13.5. The lowest BCUT2D eigenvalue weighted by Crippen LogP contribution is -3.08. The Morgan fingerprint density at radius 1 is 0.833 bits per heavy atom. The molecule has 1 saturated heterocycles. The van der Waals surface area contributed by atoms with Crippen molar-refractivity contribution in [1.82, 2.24) is 0 Å². The van der Waals surface area contributed by atoms with Gasteiger partial charge in [-0.3, -0.25) is 0 Å². The monoisotopic (exact) mass is 323 g/mol. The van der Waals surface area contributed by atoms with Crippen LogP contribution in [0.2, 0.25) is 0 Å². The van der Waals surface area contributed by atoms with Crippen LogP contribution >= 0.6 is 0 Å². The van der Waals surface area contributed by atoms with E-state index in [9.17, 15) is 0 Å². The van der Waals surface area contributed by atoms with Gasteiger partial charge in [0.25, 0.3) is 0 Å². The highest BCUT2D eigenvalue weighted by Crippen LogP contribution is 2.28. The summed E-state index contributed by atoms with van der Waals surface area (Å²) >= 11 is 0. The predicted molar refractivity (Wildman–Crippen MR) is 93.7 cm³/mol. The van der Waals surface area contributed by atoms with Crippen LogP contribution in [0.1, 0.15) is 19.3 Å². The van der Waals surface area contributed by atoms with E-state index in [0.29, 0.717) is 0 Å². The molecule has 0 amide bonds. The van der Waals surface area contributed by atoms with Crippen LogP contribution in [-0.4, -0.2) is 24.4 Å². The molecule has 1 aliphatic heterocycles. The summed E-state index contributed by atoms with van der Waals surface area (Å²) in [5.41, 5.74) is 1.49. The normalized spacial score (nSPS) is 15.0. The number of quaternary nitrogens is 1. The number of benzene rings is 3. The van der Waals surface area contributed by atoms with E-state index in [1.807, 2.05) is 0 Å². The Morgan fingerprint density at radius 3 is 2.25 bits per heavy atom. The Kier molecular flexibility index (Phi) is 4.96. The van der Waals surface area contributed by atoms with Gasteiger partial charge >= 0.3 is 0 Å². The molecule has 0 aromatic heterocycles. The molecule has 1 heterocycles. The largest absolute Gasteiger partial charge is 0.565 e. The second-order valence-electron chi connectivity index (χ2n) is 6.12. The summed E-state index contributed by atoms with van der Waals surface area (Å²) in [5.74, 6) is 0. The van der Waals surface area contributed by atoms with Gasteiger partial charge in [-0.05, 0) is 47.6 Å². The van der Waals surface area contributed by atoms with Gasteiger partial charge in [-0.1, -0.05) is 42.5 Å². The van der Waals surface area contributed by atoms with Crippen LogP contribution in [0.3, 0.4) is 0 Å². The number of carbonyl (C=O) groups is 1. The maximum absolute atomic E-state index is 8.44. The maximum atomic E-state index is 8.44. The van der Waals surface area contributed by atoms with Crippen LogP contribution in [-0.2, 0) is 0 Å². The van der Waals surface area contributed by atoms with Crippen molar-refractivity contribution in [2.24, 2.45) is 0 Å². The van der Waals surface area contributed by atoms with E-state index in [-0.39, 0.29) is 0 Å². The van der Waals surface area contributed by atoms with E-state index in [2.05, 4.69) is 54.6 Å². The topological polar surface area (TPSA) is 64.8 Å². The summed E-state index contributed by atoms with van der Waals surface area (Å²) in [7, 11) is 0. The van der Waals surface area contributed by atoms with Crippen molar-refractivity contribution >= 4 is 33.4 Å². The first-order valence-corrected chi connectivity index (χ1v) is 8.32. The van der Waals surface area contributed by atoms with E-state index in [0.717, 1.165) is 0 Å². The molecule has 0 radical (unpaired) electrons. The Bertz CT molecular complexity index is 850.